The molecule has 0 bridgehead atoms. The molecule has 0 radical (unpaired) electrons. The molecule has 1 aliphatic heterocycles. The van der Waals surface area contributed by atoms with Crippen LogP contribution in [0.25, 0.3) is 16.8 Å². The van der Waals surface area contributed by atoms with Crippen molar-refractivity contribution in [1.82, 2.24) is 5.32 Å². The van der Waals surface area contributed by atoms with Crippen molar-refractivity contribution < 1.29 is 9.53 Å². The number of hydrogen-bond donors (Lipinski definition) is 1. The van der Waals surface area contributed by atoms with E-state index in [0.29, 0.717) is 16.7 Å². The van der Waals surface area contributed by atoms with Gasteiger partial charge in [0, 0.05) is 5.56 Å². The first kappa shape index (κ1) is 20.1. The van der Waals surface area contributed by atoms with Crippen molar-refractivity contribution in [3.63, 3.8) is 0 Å². The van der Waals surface area contributed by atoms with Crippen LogP contribution < -0.4 is 10.1 Å². The average molecular weight is 437 g/mol. The smallest absolute Gasteiger partial charge is 0.264 e. The molecule has 1 N–H and O–H groups in total. The SMILES string of the molecule is O=C1NC(=Nc2ccccc2)S/C1=C\c1ccccc1OCc1cccc2ccccc12. The second kappa shape index (κ2) is 9.12. The molecule has 4 nitrogen and oxygen atoms in total. The van der Waals surface area contributed by atoms with Gasteiger partial charge in [-0.25, -0.2) is 4.99 Å². The molecule has 4 aromatic carbocycles. The van der Waals surface area contributed by atoms with Gasteiger partial charge < -0.3 is 10.1 Å². The average Bonchev–Trinajstić information content (AvgIpc) is 3.17. The number of carbonyl (C=O) groups excluding carboxylic acids is 1. The van der Waals surface area contributed by atoms with Crippen LogP contribution in [-0.2, 0) is 11.4 Å². The van der Waals surface area contributed by atoms with Crippen molar-refractivity contribution in [3.05, 3.63) is 113 Å². The molecule has 1 fully saturated rings. The lowest BCUT2D eigenvalue weighted by Gasteiger charge is -2.11. The lowest BCUT2D eigenvalue weighted by atomic mass is 10.1. The van der Waals surface area contributed by atoms with Crippen molar-refractivity contribution >= 4 is 45.4 Å². The normalized spacial score (nSPS) is 15.9. The van der Waals surface area contributed by atoms with Gasteiger partial charge in [-0.05, 0) is 52.4 Å². The Hall–Kier alpha value is -3.83. The summed E-state index contributed by atoms with van der Waals surface area (Å²) in [5, 5.41) is 5.77. The van der Waals surface area contributed by atoms with Crippen molar-refractivity contribution in [1.29, 1.82) is 0 Å². The summed E-state index contributed by atoms with van der Waals surface area (Å²) < 4.78 is 6.18. The second-order valence-electron chi connectivity index (χ2n) is 7.28. The number of aliphatic imine (C=N–C) groups is 1. The molecule has 0 unspecified atom stereocenters. The van der Waals surface area contributed by atoms with Crippen LogP contribution in [0.2, 0.25) is 0 Å². The van der Waals surface area contributed by atoms with Gasteiger partial charge >= 0.3 is 0 Å². The summed E-state index contributed by atoms with van der Waals surface area (Å²) in [5.74, 6) is 0.573. The first-order chi connectivity index (χ1) is 15.8. The van der Waals surface area contributed by atoms with Crippen molar-refractivity contribution in [2.24, 2.45) is 4.99 Å². The fourth-order valence-corrected chi connectivity index (χ4v) is 4.38. The van der Waals surface area contributed by atoms with Crippen LogP contribution in [0.1, 0.15) is 11.1 Å². The molecule has 1 aliphatic rings. The third kappa shape index (κ3) is 4.43. The molecule has 1 amide bonds. The highest BCUT2D eigenvalue weighted by Gasteiger charge is 2.24. The fourth-order valence-electron chi connectivity index (χ4n) is 3.55. The number of nitrogens with one attached hydrogen (secondary N) is 1. The molecule has 1 heterocycles. The predicted octanol–water partition coefficient (Wildman–Crippen LogP) is 6.31. The summed E-state index contributed by atoms with van der Waals surface area (Å²) in [4.78, 5) is 17.6. The van der Waals surface area contributed by atoms with E-state index in [1.54, 1.807) is 0 Å². The van der Waals surface area contributed by atoms with Crippen LogP contribution in [-0.4, -0.2) is 11.1 Å². The highest BCUT2D eigenvalue weighted by Crippen LogP contribution is 2.31. The summed E-state index contributed by atoms with van der Waals surface area (Å²) in [6.45, 7) is 0.446. The minimum Gasteiger partial charge on any atom is -0.488 e. The molecule has 5 heteroatoms. The first-order valence-corrected chi connectivity index (χ1v) is 11.1. The number of thioether (sulfide) groups is 1. The quantitative estimate of drug-likeness (QED) is 0.373. The van der Waals surface area contributed by atoms with Gasteiger partial charge in [-0.3, -0.25) is 4.79 Å². The van der Waals surface area contributed by atoms with Crippen LogP contribution in [0.4, 0.5) is 5.69 Å². The summed E-state index contributed by atoms with van der Waals surface area (Å²) in [7, 11) is 0. The molecule has 0 aliphatic carbocycles. The maximum atomic E-state index is 12.5. The molecule has 4 aromatic rings. The van der Waals surface area contributed by atoms with Gasteiger partial charge in [0.15, 0.2) is 5.17 Å². The van der Waals surface area contributed by atoms with Crippen LogP contribution in [0, 0.1) is 0 Å². The minimum absolute atomic E-state index is 0.159. The Morgan fingerprint density at radius 2 is 1.59 bits per heavy atom. The molecule has 1 saturated heterocycles. The van der Waals surface area contributed by atoms with Crippen LogP contribution in [0.3, 0.4) is 0 Å². The van der Waals surface area contributed by atoms with Crippen molar-refractivity contribution in [2.45, 2.75) is 6.61 Å². The van der Waals surface area contributed by atoms with Crippen LogP contribution in [0.5, 0.6) is 5.75 Å². The maximum Gasteiger partial charge on any atom is 0.264 e. The van der Waals surface area contributed by atoms with Crippen LogP contribution in [0.15, 0.2) is 107 Å². The minimum atomic E-state index is -0.159. The summed E-state index contributed by atoms with van der Waals surface area (Å²) in [5.41, 5.74) is 2.78. The topological polar surface area (TPSA) is 50.7 Å². The summed E-state index contributed by atoms with van der Waals surface area (Å²) in [6, 6.07) is 31.8. The standard InChI is InChI=1S/C27H20N2O2S/c30-26-25(32-27(29-26)28-22-13-2-1-3-14-22)17-20-10-5-7-16-24(20)31-18-21-12-8-11-19-9-4-6-15-23(19)21/h1-17H,18H2,(H,28,29,30)/b25-17-. The number of fused-ring (bicyclic) bond motifs is 1. The molecule has 5 rings (SSSR count). The van der Waals surface area contributed by atoms with E-state index in [0.717, 1.165) is 22.6 Å². The third-order valence-electron chi connectivity index (χ3n) is 5.11. The molecule has 0 aromatic heterocycles. The van der Waals surface area contributed by atoms with Crippen molar-refractivity contribution in [3.8, 4) is 5.75 Å². The Bertz CT molecular complexity index is 1340. The number of amides is 1. The van der Waals surface area contributed by atoms with Gasteiger partial charge in [-0.2, -0.15) is 0 Å². The molecule has 0 atom stereocenters. The largest absolute Gasteiger partial charge is 0.488 e. The Morgan fingerprint density at radius 3 is 2.50 bits per heavy atom. The lowest BCUT2D eigenvalue weighted by Crippen LogP contribution is -2.19. The van der Waals surface area contributed by atoms with E-state index >= 15 is 0 Å². The van der Waals surface area contributed by atoms with Gasteiger partial charge in [0.25, 0.3) is 5.91 Å². The van der Waals surface area contributed by atoms with Gasteiger partial charge in [0.1, 0.15) is 12.4 Å². The summed E-state index contributed by atoms with van der Waals surface area (Å²) >= 11 is 1.33. The molecular formula is C27H20N2O2S. The van der Waals surface area contributed by atoms with Gasteiger partial charge in [0.05, 0.1) is 10.6 Å². The molecule has 156 valence electrons. The maximum absolute atomic E-state index is 12.5. The number of carbonyl (C=O) groups is 1. The Labute approximate surface area is 190 Å². The number of ether oxygens (including phenoxy) is 1. The van der Waals surface area contributed by atoms with E-state index in [4.69, 9.17) is 4.74 Å². The first-order valence-electron chi connectivity index (χ1n) is 10.3. The lowest BCUT2D eigenvalue weighted by molar-refractivity contribution is -0.115. The van der Waals surface area contributed by atoms with E-state index in [-0.39, 0.29) is 5.91 Å². The highest BCUT2D eigenvalue weighted by atomic mass is 32.2. The van der Waals surface area contributed by atoms with E-state index in [9.17, 15) is 4.79 Å². The Morgan fingerprint density at radius 1 is 0.844 bits per heavy atom. The Kier molecular flexibility index (Phi) is 5.73. The monoisotopic (exact) mass is 436 g/mol. The van der Waals surface area contributed by atoms with Gasteiger partial charge in [-0.15, -0.1) is 0 Å². The Balaban J connectivity index is 1.37. The zero-order chi connectivity index (χ0) is 21.8. The zero-order valence-electron chi connectivity index (χ0n) is 17.2. The van der Waals surface area contributed by atoms with Crippen LogP contribution >= 0.6 is 11.8 Å². The van der Waals surface area contributed by atoms with Gasteiger partial charge in [-0.1, -0.05) is 78.9 Å². The number of rotatable bonds is 5. The number of para-hydroxylation sites is 2. The van der Waals surface area contributed by atoms with E-state index in [1.165, 1.54) is 22.5 Å². The third-order valence-corrected chi connectivity index (χ3v) is 6.02. The molecule has 0 spiro atoms. The zero-order valence-corrected chi connectivity index (χ0v) is 18.0. The van der Waals surface area contributed by atoms with E-state index in [1.807, 2.05) is 78.9 Å². The van der Waals surface area contributed by atoms with E-state index in [2.05, 4.69) is 34.6 Å². The molecule has 0 saturated carbocycles. The number of hydrogen-bond acceptors (Lipinski definition) is 4. The summed E-state index contributed by atoms with van der Waals surface area (Å²) in [6.07, 6.45) is 1.85. The van der Waals surface area contributed by atoms with Gasteiger partial charge in [0.2, 0.25) is 0 Å². The fraction of sp³-hybridized carbons (Fsp3) is 0.0370. The van der Waals surface area contributed by atoms with Crippen molar-refractivity contribution in [2.75, 3.05) is 0 Å². The molecular weight excluding hydrogens is 416 g/mol. The van der Waals surface area contributed by atoms with E-state index < -0.39 is 0 Å². The number of benzene rings is 4. The predicted molar refractivity (Wildman–Crippen MR) is 132 cm³/mol. The highest BCUT2D eigenvalue weighted by molar-refractivity contribution is 8.18. The number of nitrogens with zero attached hydrogens (tertiary/aromatic N) is 1. The molecule has 32 heavy (non-hydrogen) atoms. The second-order valence-corrected chi connectivity index (χ2v) is 8.31. The number of amidine groups is 1.